The number of carbonyl (C=O) groups excluding carboxylic acids is 1. The average molecular weight is 300 g/mol. The molecule has 2 amide bonds. The maximum atomic E-state index is 11.8. The number of benzene rings is 2. The number of aliphatic hydroxyl groups is 1. The van der Waals surface area contributed by atoms with Crippen molar-refractivity contribution in [3.05, 3.63) is 48.0 Å². The van der Waals surface area contributed by atoms with Crippen LogP contribution in [-0.4, -0.2) is 23.8 Å². The number of urea groups is 1. The van der Waals surface area contributed by atoms with Gasteiger partial charge in [-0.2, -0.15) is 0 Å². The molecule has 0 aliphatic rings. The fraction of sp³-hybridized carbons (Fsp3) is 0.389. The van der Waals surface area contributed by atoms with Crippen molar-refractivity contribution in [3.8, 4) is 0 Å². The van der Waals surface area contributed by atoms with Crippen molar-refractivity contribution in [2.75, 3.05) is 6.54 Å². The van der Waals surface area contributed by atoms with Gasteiger partial charge in [-0.15, -0.1) is 0 Å². The SMILES string of the molecule is CC(C)C(O)CCNC(=O)NCc1cccc2ccccc12. The standard InChI is InChI=1S/C18H24N2O2/c1-13(2)17(21)10-11-19-18(22)20-12-15-8-5-7-14-6-3-4-9-16(14)15/h3-9,13,17,21H,10-12H2,1-2H3,(H2,19,20,22). The fourth-order valence-electron chi connectivity index (χ4n) is 2.35. The van der Waals surface area contributed by atoms with Crippen molar-refractivity contribution in [2.24, 2.45) is 5.92 Å². The minimum absolute atomic E-state index is 0.205. The van der Waals surface area contributed by atoms with E-state index in [-0.39, 0.29) is 18.1 Å². The Morgan fingerprint density at radius 1 is 1.09 bits per heavy atom. The summed E-state index contributed by atoms with van der Waals surface area (Å²) in [5.74, 6) is 0.209. The summed E-state index contributed by atoms with van der Waals surface area (Å²) < 4.78 is 0. The van der Waals surface area contributed by atoms with Gasteiger partial charge in [0.25, 0.3) is 0 Å². The number of fused-ring (bicyclic) bond motifs is 1. The predicted molar refractivity (Wildman–Crippen MR) is 89.6 cm³/mol. The number of rotatable bonds is 6. The molecule has 4 nitrogen and oxygen atoms in total. The number of hydrogen-bond acceptors (Lipinski definition) is 2. The third-order valence-electron chi connectivity index (χ3n) is 3.81. The van der Waals surface area contributed by atoms with Crippen LogP contribution >= 0.6 is 0 Å². The highest BCUT2D eigenvalue weighted by atomic mass is 16.3. The van der Waals surface area contributed by atoms with Gasteiger partial charge in [-0.25, -0.2) is 4.79 Å². The Morgan fingerprint density at radius 2 is 1.82 bits per heavy atom. The molecule has 0 heterocycles. The minimum atomic E-state index is -0.377. The fourth-order valence-corrected chi connectivity index (χ4v) is 2.35. The van der Waals surface area contributed by atoms with Crippen molar-refractivity contribution in [1.82, 2.24) is 10.6 Å². The van der Waals surface area contributed by atoms with Gasteiger partial charge in [-0.05, 0) is 28.7 Å². The van der Waals surface area contributed by atoms with Gasteiger partial charge in [0.05, 0.1) is 6.10 Å². The van der Waals surface area contributed by atoms with Crippen LogP contribution < -0.4 is 10.6 Å². The number of carbonyl (C=O) groups is 1. The van der Waals surface area contributed by atoms with Crippen LogP contribution in [0.5, 0.6) is 0 Å². The lowest BCUT2D eigenvalue weighted by molar-refractivity contribution is 0.116. The molecule has 4 heteroatoms. The zero-order chi connectivity index (χ0) is 15.9. The van der Waals surface area contributed by atoms with Crippen LogP contribution in [0.15, 0.2) is 42.5 Å². The molecule has 0 bridgehead atoms. The van der Waals surface area contributed by atoms with E-state index in [9.17, 15) is 9.90 Å². The first-order valence-electron chi connectivity index (χ1n) is 7.74. The Labute approximate surface area is 131 Å². The number of amides is 2. The highest BCUT2D eigenvalue weighted by Gasteiger charge is 2.09. The molecule has 0 radical (unpaired) electrons. The van der Waals surface area contributed by atoms with E-state index in [0.29, 0.717) is 19.5 Å². The second-order valence-electron chi connectivity index (χ2n) is 5.85. The molecule has 2 aromatic rings. The average Bonchev–Trinajstić information content (AvgIpc) is 2.52. The molecule has 118 valence electrons. The number of nitrogens with one attached hydrogen (secondary N) is 2. The first-order valence-corrected chi connectivity index (χ1v) is 7.74. The molecule has 0 aliphatic carbocycles. The maximum Gasteiger partial charge on any atom is 0.315 e. The first kappa shape index (κ1) is 16.3. The lowest BCUT2D eigenvalue weighted by Gasteiger charge is -2.15. The monoisotopic (exact) mass is 300 g/mol. The molecule has 0 aliphatic heterocycles. The third kappa shape index (κ3) is 4.46. The minimum Gasteiger partial charge on any atom is -0.393 e. The van der Waals surface area contributed by atoms with Crippen LogP contribution in [0, 0.1) is 5.92 Å². The molecule has 0 saturated carbocycles. The normalized spacial score (nSPS) is 12.4. The van der Waals surface area contributed by atoms with E-state index in [4.69, 9.17) is 0 Å². The lowest BCUT2D eigenvalue weighted by atomic mass is 10.0. The second kappa shape index (κ2) is 7.80. The molecule has 1 atom stereocenters. The largest absolute Gasteiger partial charge is 0.393 e. The van der Waals surface area contributed by atoms with E-state index >= 15 is 0 Å². The first-order chi connectivity index (χ1) is 10.6. The van der Waals surface area contributed by atoms with Crippen LogP contribution in [0.4, 0.5) is 4.79 Å². The highest BCUT2D eigenvalue weighted by molar-refractivity contribution is 5.86. The molecule has 0 aromatic heterocycles. The molecule has 3 N–H and O–H groups in total. The van der Waals surface area contributed by atoms with E-state index in [1.54, 1.807) is 0 Å². The van der Waals surface area contributed by atoms with Gasteiger partial charge < -0.3 is 15.7 Å². The molecule has 0 fully saturated rings. The van der Waals surface area contributed by atoms with Crippen molar-refractivity contribution in [3.63, 3.8) is 0 Å². The van der Waals surface area contributed by atoms with Crippen LogP contribution in [0.3, 0.4) is 0 Å². The predicted octanol–water partition coefficient (Wildman–Crippen LogP) is 3.05. The summed E-state index contributed by atoms with van der Waals surface area (Å²) in [4.78, 5) is 11.8. The molecular formula is C18H24N2O2. The zero-order valence-electron chi connectivity index (χ0n) is 13.2. The molecule has 0 spiro atoms. The number of aliphatic hydroxyl groups excluding tert-OH is 1. The number of hydrogen-bond donors (Lipinski definition) is 3. The van der Waals surface area contributed by atoms with Crippen LogP contribution in [0.2, 0.25) is 0 Å². The quantitative estimate of drug-likeness (QED) is 0.768. The van der Waals surface area contributed by atoms with Crippen LogP contribution in [-0.2, 0) is 6.54 Å². The van der Waals surface area contributed by atoms with Crippen molar-refractivity contribution in [2.45, 2.75) is 32.9 Å². The molecule has 1 unspecified atom stereocenters. The van der Waals surface area contributed by atoms with Gasteiger partial charge in [0.1, 0.15) is 0 Å². The van der Waals surface area contributed by atoms with E-state index < -0.39 is 0 Å². The summed E-state index contributed by atoms with van der Waals surface area (Å²) in [6.45, 7) is 4.89. The molecule has 0 saturated heterocycles. The van der Waals surface area contributed by atoms with E-state index in [2.05, 4.69) is 28.8 Å². The summed E-state index contributed by atoms with van der Waals surface area (Å²) in [6.07, 6.45) is 0.192. The van der Waals surface area contributed by atoms with Gasteiger partial charge in [0.2, 0.25) is 0 Å². The molecule has 2 aromatic carbocycles. The van der Waals surface area contributed by atoms with Gasteiger partial charge in [-0.1, -0.05) is 56.3 Å². The Bertz CT molecular complexity index is 620. The van der Waals surface area contributed by atoms with E-state index in [1.807, 2.05) is 38.1 Å². The van der Waals surface area contributed by atoms with Gasteiger partial charge in [0.15, 0.2) is 0 Å². The van der Waals surface area contributed by atoms with Crippen molar-refractivity contribution >= 4 is 16.8 Å². The van der Waals surface area contributed by atoms with E-state index in [1.165, 1.54) is 5.39 Å². The molecule has 2 rings (SSSR count). The smallest absolute Gasteiger partial charge is 0.315 e. The van der Waals surface area contributed by atoms with Crippen LogP contribution in [0.25, 0.3) is 10.8 Å². The van der Waals surface area contributed by atoms with Gasteiger partial charge in [0, 0.05) is 13.1 Å². The summed E-state index contributed by atoms with van der Waals surface area (Å²) in [6, 6.07) is 14.0. The summed E-state index contributed by atoms with van der Waals surface area (Å²) in [5.41, 5.74) is 1.09. The topological polar surface area (TPSA) is 61.4 Å². The third-order valence-corrected chi connectivity index (χ3v) is 3.81. The summed E-state index contributed by atoms with van der Waals surface area (Å²) in [5, 5.41) is 17.7. The van der Waals surface area contributed by atoms with Crippen LogP contribution in [0.1, 0.15) is 25.8 Å². The Hall–Kier alpha value is -2.07. The lowest BCUT2D eigenvalue weighted by Crippen LogP contribution is -2.37. The zero-order valence-corrected chi connectivity index (χ0v) is 13.2. The highest BCUT2D eigenvalue weighted by Crippen LogP contribution is 2.18. The molecular weight excluding hydrogens is 276 g/mol. The summed E-state index contributed by atoms with van der Waals surface area (Å²) >= 11 is 0. The summed E-state index contributed by atoms with van der Waals surface area (Å²) in [7, 11) is 0. The van der Waals surface area contributed by atoms with Gasteiger partial charge >= 0.3 is 6.03 Å². The van der Waals surface area contributed by atoms with Gasteiger partial charge in [-0.3, -0.25) is 0 Å². The Morgan fingerprint density at radius 3 is 2.59 bits per heavy atom. The second-order valence-corrected chi connectivity index (χ2v) is 5.85. The Balaban J connectivity index is 1.83. The molecule has 22 heavy (non-hydrogen) atoms. The van der Waals surface area contributed by atoms with Crippen molar-refractivity contribution in [1.29, 1.82) is 0 Å². The van der Waals surface area contributed by atoms with E-state index in [0.717, 1.165) is 10.9 Å². The maximum absolute atomic E-state index is 11.8. The Kier molecular flexibility index (Phi) is 5.78. The van der Waals surface area contributed by atoms with Crippen molar-refractivity contribution < 1.29 is 9.90 Å².